The molecule has 3 heterocycles. The van der Waals surface area contributed by atoms with E-state index in [0.29, 0.717) is 0 Å². The van der Waals surface area contributed by atoms with E-state index < -0.39 is 0 Å². The molecule has 27 heavy (non-hydrogen) atoms. The van der Waals surface area contributed by atoms with Crippen molar-refractivity contribution in [1.82, 2.24) is 14.9 Å². The van der Waals surface area contributed by atoms with Gasteiger partial charge < -0.3 is 14.7 Å². The zero-order valence-corrected chi connectivity index (χ0v) is 16.5. The lowest BCUT2D eigenvalue weighted by Crippen LogP contribution is -2.47. The highest BCUT2D eigenvalue weighted by molar-refractivity contribution is 7.17. The van der Waals surface area contributed by atoms with Gasteiger partial charge in [0, 0.05) is 43.7 Å². The van der Waals surface area contributed by atoms with Crippen molar-refractivity contribution < 1.29 is 9.84 Å². The van der Waals surface area contributed by atoms with E-state index in [4.69, 9.17) is 14.8 Å². The van der Waals surface area contributed by atoms with Crippen LogP contribution in [0.5, 0.6) is 5.75 Å². The van der Waals surface area contributed by atoms with Crippen LogP contribution in [0.2, 0.25) is 0 Å². The van der Waals surface area contributed by atoms with Crippen LogP contribution in [0.4, 0.5) is 5.82 Å². The third-order valence-corrected chi connectivity index (χ3v) is 5.89. The summed E-state index contributed by atoms with van der Waals surface area (Å²) in [5, 5.41) is 12.5. The molecule has 6 nitrogen and oxygen atoms in total. The van der Waals surface area contributed by atoms with Gasteiger partial charge >= 0.3 is 0 Å². The summed E-state index contributed by atoms with van der Waals surface area (Å²) in [6.45, 7) is 6.59. The standard InChI is InChI=1S/C20H24N4O2S/c1-14-21-19(24-9-7-23(8-10-24)11-12-25)18-17(13-27-20(18)22-14)15-3-5-16(26-2)6-4-15/h3-6,13,25H,7-12H2,1-2H3. The maximum atomic E-state index is 9.17. The Morgan fingerprint density at radius 3 is 2.52 bits per heavy atom. The minimum absolute atomic E-state index is 0.211. The number of benzene rings is 1. The molecule has 0 spiro atoms. The first-order chi connectivity index (χ1) is 13.2. The highest BCUT2D eigenvalue weighted by Gasteiger charge is 2.23. The Morgan fingerprint density at radius 2 is 1.85 bits per heavy atom. The van der Waals surface area contributed by atoms with Crippen LogP contribution in [0, 0.1) is 6.92 Å². The molecule has 0 saturated carbocycles. The Bertz CT molecular complexity index is 918. The highest BCUT2D eigenvalue weighted by Crippen LogP contribution is 2.39. The van der Waals surface area contributed by atoms with Crippen molar-refractivity contribution in [2.24, 2.45) is 0 Å². The number of aliphatic hydroxyl groups is 1. The molecule has 142 valence electrons. The van der Waals surface area contributed by atoms with E-state index in [9.17, 15) is 0 Å². The van der Waals surface area contributed by atoms with E-state index in [1.54, 1.807) is 18.4 Å². The summed E-state index contributed by atoms with van der Waals surface area (Å²) >= 11 is 1.67. The van der Waals surface area contributed by atoms with Crippen LogP contribution in [0.1, 0.15) is 5.82 Å². The van der Waals surface area contributed by atoms with Gasteiger partial charge in [0.2, 0.25) is 0 Å². The van der Waals surface area contributed by atoms with E-state index >= 15 is 0 Å². The maximum Gasteiger partial charge on any atom is 0.141 e. The summed E-state index contributed by atoms with van der Waals surface area (Å²) in [5.74, 6) is 2.68. The molecule has 0 amide bonds. The smallest absolute Gasteiger partial charge is 0.141 e. The van der Waals surface area contributed by atoms with Gasteiger partial charge in [-0.25, -0.2) is 9.97 Å². The molecule has 0 bridgehead atoms. The zero-order chi connectivity index (χ0) is 18.8. The van der Waals surface area contributed by atoms with Gasteiger partial charge in [-0.2, -0.15) is 0 Å². The lowest BCUT2D eigenvalue weighted by molar-refractivity contribution is 0.188. The summed E-state index contributed by atoms with van der Waals surface area (Å²) in [7, 11) is 1.68. The Balaban J connectivity index is 1.73. The molecular weight excluding hydrogens is 360 g/mol. The molecule has 0 unspecified atom stereocenters. The number of rotatable bonds is 5. The van der Waals surface area contributed by atoms with Crippen molar-refractivity contribution >= 4 is 27.4 Å². The molecule has 1 aromatic carbocycles. The van der Waals surface area contributed by atoms with Crippen LogP contribution in [0.15, 0.2) is 29.6 Å². The van der Waals surface area contributed by atoms with Crippen LogP contribution in [-0.2, 0) is 0 Å². The van der Waals surface area contributed by atoms with Crippen molar-refractivity contribution in [3.05, 3.63) is 35.5 Å². The fourth-order valence-corrected chi connectivity index (χ4v) is 4.55. The summed E-state index contributed by atoms with van der Waals surface area (Å²) in [5.41, 5.74) is 2.32. The molecule has 0 atom stereocenters. The minimum Gasteiger partial charge on any atom is -0.497 e. The lowest BCUT2D eigenvalue weighted by Gasteiger charge is -2.35. The lowest BCUT2D eigenvalue weighted by atomic mass is 10.1. The Labute approximate surface area is 163 Å². The number of hydrogen-bond acceptors (Lipinski definition) is 7. The fraction of sp³-hybridized carbons (Fsp3) is 0.400. The number of hydrogen-bond donors (Lipinski definition) is 1. The van der Waals surface area contributed by atoms with Gasteiger partial charge in [-0.1, -0.05) is 12.1 Å². The number of aliphatic hydroxyl groups excluding tert-OH is 1. The predicted molar refractivity (Wildman–Crippen MR) is 110 cm³/mol. The molecule has 1 fully saturated rings. The molecule has 7 heteroatoms. The Kier molecular flexibility index (Phi) is 5.24. The second kappa shape index (κ2) is 7.80. The average molecular weight is 385 g/mol. The number of thiophene rings is 1. The maximum absolute atomic E-state index is 9.17. The monoisotopic (exact) mass is 384 g/mol. The minimum atomic E-state index is 0.211. The van der Waals surface area contributed by atoms with Gasteiger partial charge in [-0.05, 0) is 24.6 Å². The van der Waals surface area contributed by atoms with Gasteiger partial charge in [-0.3, -0.25) is 4.90 Å². The molecule has 0 radical (unpaired) electrons. The first-order valence-corrected chi connectivity index (χ1v) is 10.1. The first-order valence-electron chi connectivity index (χ1n) is 9.18. The second-order valence-electron chi connectivity index (χ2n) is 6.70. The van der Waals surface area contributed by atoms with Crippen molar-refractivity contribution in [1.29, 1.82) is 0 Å². The number of aryl methyl sites for hydroxylation is 1. The van der Waals surface area contributed by atoms with Crippen molar-refractivity contribution in [2.75, 3.05) is 51.3 Å². The van der Waals surface area contributed by atoms with E-state index in [1.165, 1.54) is 5.56 Å². The predicted octanol–water partition coefficient (Wildman–Crippen LogP) is 2.79. The van der Waals surface area contributed by atoms with Crippen molar-refractivity contribution in [3.8, 4) is 16.9 Å². The molecule has 2 aromatic heterocycles. The number of fused-ring (bicyclic) bond motifs is 1. The third-order valence-electron chi connectivity index (χ3n) is 5.02. The van der Waals surface area contributed by atoms with E-state index in [1.807, 2.05) is 19.1 Å². The van der Waals surface area contributed by atoms with E-state index in [0.717, 1.165) is 65.9 Å². The summed E-state index contributed by atoms with van der Waals surface area (Å²) in [6, 6.07) is 8.15. The molecule has 4 rings (SSSR count). The topological polar surface area (TPSA) is 61.7 Å². The van der Waals surface area contributed by atoms with Gasteiger partial charge in [0.1, 0.15) is 22.2 Å². The van der Waals surface area contributed by atoms with E-state index in [-0.39, 0.29) is 6.61 Å². The molecule has 1 saturated heterocycles. The third kappa shape index (κ3) is 3.63. The molecule has 3 aromatic rings. The summed E-state index contributed by atoms with van der Waals surface area (Å²) < 4.78 is 5.29. The number of piperazine rings is 1. The number of nitrogens with zero attached hydrogens (tertiary/aromatic N) is 4. The fourth-order valence-electron chi connectivity index (χ4n) is 3.56. The van der Waals surface area contributed by atoms with Gasteiger partial charge in [-0.15, -0.1) is 11.3 Å². The number of ether oxygens (including phenoxy) is 1. The van der Waals surface area contributed by atoms with Crippen molar-refractivity contribution in [2.45, 2.75) is 6.92 Å². The second-order valence-corrected chi connectivity index (χ2v) is 7.56. The van der Waals surface area contributed by atoms with E-state index in [2.05, 4.69) is 32.3 Å². The molecule has 1 aliphatic rings. The number of anilines is 1. The zero-order valence-electron chi connectivity index (χ0n) is 15.7. The number of methoxy groups -OCH3 is 1. The SMILES string of the molecule is COc1ccc(-c2csc3nc(C)nc(N4CCN(CCO)CC4)c23)cc1. The summed E-state index contributed by atoms with van der Waals surface area (Å²) in [4.78, 5) is 15.2. The van der Waals surface area contributed by atoms with Crippen LogP contribution < -0.4 is 9.64 Å². The number of β-amino-alcohol motifs (C(OH)–C–C–N with tert-alkyl or cyclic N) is 1. The van der Waals surface area contributed by atoms with Gasteiger partial charge in [0.15, 0.2) is 0 Å². The average Bonchev–Trinajstić information content (AvgIpc) is 3.12. The van der Waals surface area contributed by atoms with Gasteiger partial charge in [0.25, 0.3) is 0 Å². The number of aromatic nitrogens is 2. The first kappa shape index (κ1) is 18.2. The summed E-state index contributed by atoms with van der Waals surface area (Å²) in [6.07, 6.45) is 0. The van der Waals surface area contributed by atoms with Crippen LogP contribution in [0.25, 0.3) is 21.3 Å². The molecular formula is C20H24N4O2S. The van der Waals surface area contributed by atoms with Crippen LogP contribution in [0.3, 0.4) is 0 Å². The molecule has 1 aliphatic heterocycles. The Hall–Kier alpha value is -2.22. The molecule has 0 aliphatic carbocycles. The van der Waals surface area contributed by atoms with Crippen molar-refractivity contribution in [3.63, 3.8) is 0 Å². The molecule has 1 N–H and O–H groups in total. The highest BCUT2D eigenvalue weighted by atomic mass is 32.1. The quantitative estimate of drug-likeness (QED) is 0.730. The van der Waals surface area contributed by atoms with Crippen LogP contribution >= 0.6 is 11.3 Å². The van der Waals surface area contributed by atoms with Gasteiger partial charge in [0.05, 0.1) is 19.1 Å². The van der Waals surface area contributed by atoms with Crippen LogP contribution in [-0.4, -0.2) is 66.4 Å². The largest absolute Gasteiger partial charge is 0.497 e. The Morgan fingerprint density at radius 1 is 1.11 bits per heavy atom. The normalized spacial score (nSPS) is 15.4.